The number of rotatable bonds is 5. The Hall–Kier alpha value is 0.0900. The summed E-state index contributed by atoms with van der Waals surface area (Å²) in [6.07, 6.45) is 0. The number of carbonyl (C=O) groups excluding carboxylic acids is 1. The molecule has 1 aromatic heterocycles. The summed E-state index contributed by atoms with van der Waals surface area (Å²) in [7, 11) is 1.78. The van der Waals surface area contributed by atoms with E-state index in [0.29, 0.717) is 19.8 Å². The molecule has 16 heavy (non-hydrogen) atoms. The Bertz CT molecular complexity index is 348. The lowest BCUT2D eigenvalue weighted by Gasteiger charge is -2.15. The number of halogens is 2. The molecule has 0 radical (unpaired) electrons. The summed E-state index contributed by atoms with van der Waals surface area (Å²) in [5.41, 5.74) is 0. The standard InChI is InChI=1S/C10H13Br2NO2S/c1-3-15-5-4-13(2)10(14)8-6-7(11)9(12)16-8/h6H,3-5H2,1-2H3. The van der Waals surface area contributed by atoms with Crippen LogP contribution in [0.5, 0.6) is 0 Å². The average Bonchev–Trinajstić information content (AvgIpc) is 2.58. The number of ether oxygens (including phenoxy) is 1. The third-order valence-corrected chi connectivity index (χ3v) is 5.22. The lowest BCUT2D eigenvalue weighted by molar-refractivity contribution is 0.0714. The molecule has 0 atom stereocenters. The molecule has 1 rings (SSSR count). The highest BCUT2D eigenvalue weighted by Gasteiger charge is 2.15. The largest absolute Gasteiger partial charge is 0.380 e. The fourth-order valence-corrected chi connectivity index (χ4v) is 3.12. The molecule has 1 amide bonds. The van der Waals surface area contributed by atoms with Crippen LogP contribution in [0.3, 0.4) is 0 Å². The summed E-state index contributed by atoms with van der Waals surface area (Å²) in [6.45, 7) is 3.81. The van der Waals surface area contributed by atoms with E-state index in [1.54, 1.807) is 11.9 Å². The van der Waals surface area contributed by atoms with Crippen LogP contribution in [-0.4, -0.2) is 37.6 Å². The molecule has 0 unspecified atom stereocenters. The zero-order valence-corrected chi connectivity index (χ0v) is 13.1. The summed E-state index contributed by atoms with van der Waals surface area (Å²) in [6, 6.07) is 1.83. The van der Waals surface area contributed by atoms with E-state index in [9.17, 15) is 4.79 Å². The minimum atomic E-state index is 0.0242. The van der Waals surface area contributed by atoms with Gasteiger partial charge in [-0.2, -0.15) is 0 Å². The van der Waals surface area contributed by atoms with Crippen molar-refractivity contribution in [1.29, 1.82) is 0 Å². The molecule has 90 valence electrons. The summed E-state index contributed by atoms with van der Waals surface area (Å²) < 4.78 is 7.06. The highest BCUT2D eigenvalue weighted by Crippen LogP contribution is 2.32. The van der Waals surface area contributed by atoms with Gasteiger partial charge in [0.2, 0.25) is 0 Å². The molecule has 0 aliphatic heterocycles. The molecule has 1 aromatic rings. The van der Waals surface area contributed by atoms with Crippen molar-refractivity contribution in [1.82, 2.24) is 4.90 Å². The lowest BCUT2D eigenvalue weighted by Crippen LogP contribution is -2.29. The van der Waals surface area contributed by atoms with Gasteiger partial charge in [-0.1, -0.05) is 0 Å². The number of nitrogens with zero attached hydrogens (tertiary/aromatic N) is 1. The van der Waals surface area contributed by atoms with E-state index in [2.05, 4.69) is 31.9 Å². The van der Waals surface area contributed by atoms with E-state index < -0.39 is 0 Å². The summed E-state index contributed by atoms with van der Waals surface area (Å²) >= 11 is 8.17. The Morgan fingerprint density at radius 3 is 2.75 bits per heavy atom. The lowest BCUT2D eigenvalue weighted by atomic mass is 10.4. The van der Waals surface area contributed by atoms with Gasteiger partial charge in [-0.25, -0.2) is 0 Å². The molecule has 0 saturated heterocycles. The van der Waals surface area contributed by atoms with Crippen molar-refractivity contribution in [2.45, 2.75) is 6.92 Å². The van der Waals surface area contributed by atoms with Crippen LogP contribution in [0.15, 0.2) is 14.3 Å². The first-order chi connectivity index (χ1) is 7.56. The van der Waals surface area contributed by atoms with E-state index >= 15 is 0 Å². The zero-order valence-electron chi connectivity index (χ0n) is 9.13. The van der Waals surface area contributed by atoms with Crippen molar-refractivity contribution >= 4 is 49.1 Å². The van der Waals surface area contributed by atoms with Gasteiger partial charge in [0.05, 0.1) is 15.3 Å². The van der Waals surface area contributed by atoms with Gasteiger partial charge in [0.25, 0.3) is 5.91 Å². The monoisotopic (exact) mass is 369 g/mol. The van der Waals surface area contributed by atoms with Gasteiger partial charge >= 0.3 is 0 Å². The molecule has 0 N–H and O–H groups in total. The maximum Gasteiger partial charge on any atom is 0.263 e. The van der Waals surface area contributed by atoms with E-state index in [0.717, 1.165) is 13.1 Å². The number of thiophene rings is 1. The molecular weight excluding hydrogens is 358 g/mol. The molecule has 0 aromatic carbocycles. The van der Waals surface area contributed by atoms with Gasteiger partial charge in [0, 0.05) is 24.7 Å². The predicted molar refractivity (Wildman–Crippen MR) is 73.2 cm³/mol. The molecule has 0 aliphatic rings. The van der Waals surface area contributed by atoms with Gasteiger partial charge < -0.3 is 9.64 Å². The van der Waals surface area contributed by atoms with Crippen molar-refractivity contribution in [3.8, 4) is 0 Å². The molecule has 1 heterocycles. The molecule has 0 fully saturated rings. The first kappa shape index (κ1) is 14.2. The predicted octanol–water partition coefficient (Wildman–Crippen LogP) is 3.38. The first-order valence-corrected chi connectivity index (χ1v) is 7.24. The third-order valence-electron chi connectivity index (χ3n) is 1.98. The molecular formula is C10H13Br2NO2S. The Morgan fingerprint density at radius 2 is 2.25 bits per heavy atom. The van der Waals surface area contributed by atoms with Crippen LogP contribution < -0.4 is 0 Å². The quantitative estimate of drug-likeness (QED) is 0.743. The van der Waals surface area contributed by atoms with Crippen LogP contribution in [0.1, 0.15) is 16.6 Å². The molecule has 3 nitrogen and oxygen atoms in total. The van der Waals surface area contributed by atoms with E-state index in [4.69, 9.17) is 4.74 Å². The molecule has 6 heteroatoms. The molecule has 0 bridgehead atoms. The minimum Gasteiger partial charge on any atom is -0.380 e. The van der Waals surface area contributed by atoms with Gasteiger partial charge in [-0.05, 0) is 44.8 Å². The first-order valence-electron chi connectivity index (χ1n) is 4.84. The molecule has 0 spiro atoms. The summed E-state index contributed by atoms with van der Waals surface area (Å²) in [4.78, 5) is 14.3. The minimum absolute atomic E-state index is 0.0242. The van der Waals surface area contributed by atoms with Crippen LogP contribution in [0, 0.1) is 0 Å². The van der Waals surface area contributed by atoms with Crippen LogP contribution in [-0.2, 0) is 4.74 Å². The highest BCUT2D eigenvalue weighted by molar-refractivity contribution is 9.13. The maximum atomic E-state index is 11.9. The van der Waals surface area contributed by atoms with E-state index in [1.165, 1.54) is 11.3 Å². The average molecular weight is 371 g/mol. The second-order valence-corrected chi connectivity index (χ2v) is 6.38. The van der Waals surface area contributed by atoms with Crippen molar-refractivity contribution in [3.63, 3.8) is 0 Å². The number of likely N-dealkylation sites (N-methyl/N-ethyl adjacent to an activating group) is 1. The fourth-order valence-electron chi connectivity index (χ4n) is 1.09. The SMILES string of the molecule is CCOCCN(C)C(=O)c1cc(Br)c(Br)s1. The van der Waals surface area contributed by atoms with Crippen molar-refractivity contribution in [2.24, 2.45) is 0 Å². The van der Waals surface area contributed by atoms with Gasteiger partial charge in [-0.3, -0.25) is 4.79 Å². The summed E-state index contributed by atoms with van der Waals surface area (Å²) in [5.74, 6) is 0.0242. The van der Waals surface area contributed by atoms with Crippen molar-refractivity contribution in [2.75, 3.05) is 26.8 Å². The topological polar surface area (TPSA) is 29.5 Å². The smallest absolute Gasteiger partial charge is 0.263 e. The van der Waals surface area contributed by atoms with E-state index in [-0.39, 0.29) is 5.91 Å². The van der Waals surface area contributed by atoms with Gasteiger partial charge in [0.15, 0.2) is 0 Å². The Balaban J connectivity index is 2.56. The van der Waals surface area contributed by atoms with Crippen LogP contribution in [0.2, 0.25) is 0 Å². The normalized spacial score (nSPS) is 10.5. The Morgan fingerprint density at radius 1 is 1.56 bits per heavy atom. The number of hydrogen-bond acceptors (Lipinski definition) is 3. The fraction of sp³-hybridized carbons (Fsp3) is 0.500. The Labute approximate surface area is 116 Å². The van der Waals surface area contributed by atoms with Crippen LogP contribution in [0.25, 0.3) is 0 Å². The van der Waals surface area contributed by atoms with Crippen molar-refractivity contribution in [3.05, 3.63) is 19.2 Å². The second-order valence-electron chi connectivity index (χ2n) is 3.16. The molecule has 0 aliphatic carbocycles. The number of amides is 1. The van der Waals surface area contributed by atoms with Gasteiger partial charge in [0.1, 0.15) is 0 Å². The highest BCUT2D eigenvalue weighted by atomic mass is 79.9. The number of carbonyl (C=O) groups is 1. The number of hydrogen-bond donors (Lipinski definition) is 0. The zero-order chi connectivity index (χ0) is 12.1. The Kier molecular flexibility index (Phi) is 5.96. The molecule has 0 saturated carbocycles. The third kappa shape index (κ3) is 3.84. The maximum absolute atomic E-state index is 11.9. The van der Waals surface area contributed by atoms with Crippen LogP contribution in [0.4, 0.5) is 0 Å². The van der Waals surface area contributed by atoms with Crippen LogP contribution >= 0.6 is 43.2 Å². The summed E-state index contributed by atoms with van der Waals surface area (Å²) in [5, 5.41) is 0. The van der Waals surface area contributed by atoms with Crippen molar-refractivity contribution < 1.29 is 9.53 Å². The second kappa shape index (κ2) is 6.74. The van der Waals surface area contributed by atoms with E-state index in [1.807, 2.05) is 13.0 Å². The van der Waals surface area contributed by atoms with Gasteiger partial charge in [-0.15, -0.1) is 11.3 Å².